The molecule has 0 spiro atoms. The Morgan fingerprint density at radius 2 is 2.18 bits per heavy atom. The van der Waals surface area contributed by atoms with E-state index in [2.05, 4.69) is 23.8 Å². The summed E-state index contributed by atoms with van der Waals surface area (Å²) in [5.74, 6) is 0. The minimum Gasteiger partial charge on any atom is -0.318 e. The highest BCUT2D eigenvalue weighted by Gasteiger charge is 2.16. The van der Waals surface area contributed by atoms with E-state index in [1.807, 2.05) is 0 Å². The molecule has 1 aliphatic rings. The first-order valence-electron chi connectivity index (χ1n) is 4.36. The van der Waals surface area contributed by atoms with Crippen molar-refractivity contribution in [1.29, 1.82) is 0 Å². The summed E-state index contributed by atoms with van der Waals surface area (Å²) in [6.07, 6.45) is 1.25. The second-order valence-electron chi connectivity index (χ2n) is 3.44. The van der Waals surface area contributed by atoms with E-state index < -0.39 is 0 Å². The molecule has 2 N–H and O–H groups in total. The van der Waals surface area contributed by atoms with Gasteiger partial charge in [-0.25, -0.2) is 0 Å². The Kier molecular flexibility index (Phi) is 3.30. The number of hydrogen-bond donors (Lipinski definition) is 1. The van der Waals surface area contributed by atoms with Gasteiger partial charge in [0.2, 0.25) is 0 Å². The molecular weight excluding hydrogens is 138 g/mol. The maximum Gasteiger partial charge on any atom is 0.0455 e. The van der Waals surface area contributed by atoms with Gasteiger partial charge in [-0.2, -0.15) is 0 Å². The maximum atomic E-state index is 5.59. The highest BCUT2D eigenvalue weighted by Crippen LogP contribution is 2.05. The molecule has 11 heavy (non-hydrogen) atoms. The third kappa shape index (κ3) is 2.43. The standard InChI is InChI=1S/C8H19N3/c1-8-6-11(7-9)5-3-4-10(8)2/h8H,3-7,9H2,1-2H3. The van der Waals surface area contributed by atoms with E-state index in [1.54, 1.807) is 0 Å². The molecule has 0 amide bonds. The van der Waals surface area contributed by atoms with Crippen LogP contribution in [0.25, 0.3) is 0 Å². The Morgan fingerprint density at radius 3 is 2.82 bits per heavy atom. The van der Waals surface area contributed by atoms with Crippen molar-refractivity contribution in [1.82, 2.24) is 9.80 Å². The molecular formula is C8H19N3. The molecule has 1 heterocycles. The third-order valence-corrected chi connectivity index (χ3v) is 2.52. The first-order chi connectivity index (χ1) is 5.24. The van der Waals surface area contributed by atoms with Crippen LogP contribution >= 0.6 is 0 Å². The van der Waals surface area contributed by atoms with E-state index in [-0.39, 0.29) is 0 Å². The van der Waals surface area contributed by atoms with E-state index in [4.69, 9.17) is 5.73 Å². The minimum absolute atomic E-state index is 0.654. The number of likely N-dealkylation sites (N-methyl/N-ethyl adjacent to an activating group) is 1. The molecule has 0 radical (unpaired) electrons. The van der Waals surface area contributed by atoms with Gasteiger partial charge in [-0.3, -0.25) is 4.90 Å². The van der Waals surface area contributed by atoms with Crippen molar-refractivity contribution in [3.8, 4) is 0 Å². The quantitative estimate of drug-likeness (QED) is 0.578. The molecule has 0 saturated carbocycles. The van der Waals surface area contributed by atoms with Crippen LogP contribution < -0.4 is 5.73 Å². The molecule has 1 rings (SSSR count). The van der Waals surface area contributed by atoms with Gasteiger partial charge in [0, 0.05) is 25.8 Å². The van der Waals surface area contributed by atoms with Gasteiger partial charge in [0.25, 0.3) is 0 Å². The molecule has 1 aliphatic heterocycles. The molecule has 1 atom stereocenters. The number of nitrogens with zero attached hydrogens (tertiary/aromatic N) is 2. The van der Waals surface area contributed by atoms with Crippen molar-refractivity contribution < 1.29 is 0 Å². The van der Waals surface area contributed by atoms with Crippen molar-refractivity contribution in [3.05, 3.63) is 0 Å². The van der Waals surface area contributed by atoms with Crippen LogP contribution in [0.15, 0.2) is 0 Å². The highest BCUT2D eigenvalue weighted by molar-refractivity contribution is 4.72. The average molecular weight is 157 g/mol. The van der Waals surface area contributed by atoms with Gasteiger partial charge >= 0.3 is 0 Å². The molecule has 0 aromatic carbocycles. The molecule has 0 aromatic heterocycles. The van der Waals surface area contributed by atoms with Gasteiger partial charge in [0.15, 0.2) is 0 Å². The lowest BCUT2D eigenvalue weighted by Gasteiger charge is -2.24. The van der Waals surface area contributed by atoms with E-state index >= 15 is 0 Å². The van der Waals surface area contributed by atoms with Crippen LogP contribution in [0, 0.1) is 0 Å². The fourth-order valence-electron chi connectivity index (χ4n) is 1.53. The summed E-state index contributed by atoms with van der Waals surface area (Å²) in [7, 11) is 2.19. The summed E-state index contributed by atoms with van der Waals surface area (Å²) in [5.41, 5.74) is 5.59. The number of nitrogens with two attached hydrogens (primary N) is 1. The summed E-state index contributed by atoms with van der Waals surface area (Å²) < 4.78 is 0. The zero-order valence-corrected chi connectivity index (χ0v) is 7.58. The Labute approximate surface area is 69.1 Å². The van der Waals surface area contributed by atoms with Gasteiger partial charge in [0.1, 0.15) is 0 Å². The summed E-state index contributed by atoms with van der Waals surface area (Å²) in [6, 6.07) is 0.654. The number of rotatable bonds is 1. The molecule has 1 fully saturated rings. The van der Waals surface area contributed by atoms with Crippen LogP contribution in [0.3, 0.4) is 0 Å². The summed E-state index contributed by atoms with van der Waals surface area (Å²) in [6.45, 7) is 6.45. The zero-order valence-electron chi connectivity index (χ0n) is 7.58. The van der Waals surface area contributed by atoms with Crippen molar-refractivity contribution in [3.63, 3.8) is 0 Å². The second kappa shape index (κ2) is 4.04. The molecule has 3 heteroatoms. The molecule has 1 unspecified atom stereocenters. The maximum absolute atomic E-state index is 5.59. The third-order valence-electron chi connectivity index (χ3n) is 2.52. The SMILES string of the molecule is CC1CN(CN)CCCN1C. The fourth-order valence-corrected chi connectivity index (χ4v) is 1.53. The van der Waals surface area contributed by atoms with E-state index in [1.165, 1.54) is 13.0 Å². The Morgan fingerprint density at radius 1 is 1.45 bits per heavy atom. The molecule has 1 saturated heterocycles. The molecule has 0 aliphatic carbocycles. The largest absolute Gasteiger partial charge is 0.318 e. The van der Waals surface area contributed by atoms with Crippen molar-refractivity contribution in [2.75, 3.05) is 33.4 Å². The highest BCUT2D eigenvalue weighted by atomic mass is 15.2. The predicted molar refractivity (Wildman–Crippen MR) is 47.3 cm³/mol. The molecule has 3 nitrogen and oxygen atoms in total. The van der Waals surface area contributed by atoms with Crippen molar-refractivity contribution in [2.24, 2.45) is 5.73 Å². The molecule has 0 bridgehead atoms. The molecule has 66 valence electrons. The van der Waals surface area contributed by atoms with E-state index in [9.17, 15) is 0 Å². The van der Waals surface area contributed by atoms with Crippen LogP contribution in [0.2, 0.25) is 0 Å². The van der Waals surface area contributed by atoms with Gasteiger partial charge in [-0.1, -0.05) is 0 Å². The summed E-state index contributed by atoms with van der Waals surface area (Å²) >= 11 is 0. The average Bonchev–Trinajstić information content (AvgIpc) is 2.15. The topological polar surface area (TPSA) is 32.5 Å². The van der Waals surface area contributed by atoms with Crippen LogP contribution in [0.1, 0.15) is 13.3 Å². The van der Waals surface area contributed by atoms with Crippen molar-refractivity contribution in [2.45, 2.75) is 19.4 Å². The lowest BCUT2D eigenvalue weighted by molar-refractivity contribution is 0.223. The van der Waals surface area contributed by atoms with Crippen LogP contribution in [-0.4, -0.2) is 49.2 Å². The Hall–Kier alpha value is -0.120. The van der Waals surface area contributed by atoms with Crippen LogP contribution in [0.4, 0.5) is 0 Å². The van der Waals surface area contributed by atoms with Gasteiger partial charge < -0.3 is 10.6 Å². The first-order valence-corrected chi connectivity index (χ1v) is 4.36. The van der Waals surface area contributed by atoms with E-state index in [0.717, 1.165) is 13.1 Å². The lowest BCUT2D eigenvalue weighted by Crippen LogP contribution is -2.38. The number of hydrogen-bond acceptors (Lipinski definition) is 3. The van der Waals surface area contributed by atoms with Gasteiger partial charge in [-0.05, 0) is 26.9 Å². The molecule has 0 aromatic rings. The van der Waals surface area contributed by atoms with Crippen LogP contribution in [-0.2, 0) is 0 Å². The smallest absolute Gasteiger partial charge is 0.0455 e. The minimum atomic E-state index is 0.654. The normalized spacial score (nSPS) is 30.3. The first kappa shape index (κ1) is 8.97. The van der Waals surface area contributed by atoms with Crippen LogP contribution in [0.5, 0.6) is 0 Å². The second-order valence-corrected chi connectivity index (χ2v) is 3.44. The predicted octanol–water partition coefficient (Wildman–Crippen LogP) is -0.0714. The Bertz CT molecular complexity index is 116. The van der Waals surface area contributed by atoms with Gasteiger partial charge in [-0.15, -0.1) is 0 Å². The monoisotopic (exact) mass is 157 g/mol. The summed E-state index contributed by atoms with van der Waals surface area (Å²) in [4.78, 5) is 4.71. The van der Waals surface area contributed by atoms with Gasteiger partial charge in [0.05, 0.1) is 0 Å². The Balaban J connectivity index is 2.41. The van der Waals surface area contributed by atoms with E-state index in [0.29, 0.717) is 12.7 Å². The lowest BCUT2D eigenvalue weighted by atomic mass is 10.3. The van der Waals surface area contributed by atoms with Crippen molar-refractivity contribution >= 4 is 0 Å². The summed E-state index contributed by atoms with van der Waals surface area (Å²) in [5, 5.41) is 0. The zero-order chi connectivity index (χ0) is 8.27. The fraction of sp³-hybridized carbons (Fsp3) is 1.00.